The van der Waals surface area contributed by atoms with Crippen LogP contribution in [0.5, 0.6) is 23.0 Å². The third kappa shape index (κ3) is 6.78. The highest BCUT2D eigenvalue weighted by molar-refractivity contribution is 5.58. The van der Waals surface area contributed by atoms with Crippen LogP contribution in [-0.2, 0) is 13.0 Å². The zero-order valence-corrected chi connectivity index (χ0v) is 19.2. The molecule has 3 rings (SSSR count). The Morgan fingerprint density at radius 3 is 2.24 bits per heavy atom. The lowest BCUT2D eigenvalue weighted by Gasteiger charge is -2.19. The standard InChI is InChI=1S/C26H32N2O5/c1-17(12-18-4-8-21(29)9-5-18)27-16-24(31)20-7-10-23(30)22(14-20)28-15-19-6-11-25(32-2)26(13-19)33-3/h4-11,13-14,17,24,27-31H,12,15-16H2,1-3H3. The molecule has 2 unspecified atom stereocenters. The first-order valence-corrected chi connectivity index (χ1v) is 10.9. The number of nitrogens with one attached hydrogen (secondary N) is 2. The lowest BCUT2D eigenvalue weighted by Crippen LogP contribution is -2.32. The van der Waals surface area contributed by atoms with Gasteiger partial charge in [0.25, 0.3) is 0 Å². The monoisotopic (exact) mass is 452 g/mol. The minimum Gasteiger partial charge on any atom is -0.508 e. The van der Waals surface area contributed by atoms with Crippen LogP contribution < -0.4 is 20.1 Å². The van der Waals surface area contributed by atoms with Gasteiger partial charge in [0, 0.05) is 19.1 Å². The summed E-state index contributed by atoms with van der Waals surface area (Å²) < 4.78 is 10.6. The molecular formula is C26H32N2O5. The molecule has 5 N–H and O–H groups in total. The Morgan fingerprint density at radius 2 is 1.55 bits per heavy atom. The van der Waals surface area contributed by atoms with Crippen molar-refractivity contribution in [3.05, 3.63) is 77.4 Å². The molecule has 0 aliphatic carbocycles. The van der Waals surface area contributed by atoms with Crippen molar-refractivity contribution in [2.24, 2.45) is 0 Å². The summed E-state index contributed by atoms with van der Waals surface area (Å²) in [5.41, 5.74) is 3.31. The molecule has 0 bridgehead atoms. The molecular weight excluding hydrogens is 420 g/mol. The van der Waals surface area contributed by atoms with E-state index in [9.17, 15) is 15.3 Å². The smallest absolute Gasteiger partial charge is 0.161 e. The molecule has 33 heavy (non-hydrogen) atoms. The van der Waals surface area contributed by atoms with E-state index in [1.807, 2.05) is 37.3 Å². The zero-order chi connectivity index (χ0) is 23.8. The molecule has 7 nitrogen and oxygen atoms in total. The second-order valence-corrected chi connectivity index (χ2v) is 8.02. The van der Waals surface area contributed by atoms with Crippen LogP contribution in [0.1, 0.15) is 29.7 Å². The van der Waals surface area contributed by atoms with Crippen LogP contribution in [0.4, 0.5) is 5.69 Å². The molecule has 0 spiro atoms. The molecule has 0 heterocycles. The quantitative estimate of drug-likeness (QED) is 0.280. The lowest BCUT2D eigenvalue weighted by molar-refractivity contribution is 0.170. The van der Waals surface area contributed by atoms with E-state index in [1.54, 1.807) is 44.6 Å². The maximum atomic E-state index is 10.7. The fourth-order valence-electron chi connectivity index (χ4n) is 3.58. The summed E-state index contributed by atoms with van der Waals surface area (Å²) in [5, 5.41) is 36.9. The number of hydrogen-bond donors (Lipinski definition) is 5. The Bertz CT molecular complexity index is 1040. The van der Waals surface area contributed by atoms with E-state index in [0.717, 1.165) is 17.5 Å². The minimum absolute atomic E-state index is 0.111. The summed E-state index contributed by atoms with van der Waals surface area (Å²) in [6.07, 6.45) is 0.0512. The van der Waals surface area contributed by atoms with Gasteiger partial charge in [-0.3, -0.25) is 0 Å². The normalized spacial score (nSPS) is 12.7. The number of ether oxygens (including phenoxy) is 2. The minimum atomic E-state index is -0.727. The van der Waals surface area contributed by atoms with Crippen LogP contribution in [0, 0.1) is 0 Å². The molecule has 0 saturated heterocycles. The predicted octanol–water partition coefficient (Wildman–Crippen LogP) is 3.98. The fraction of sp³-hybridized carbons (Fsp3) is 0.308. The first-order chi connectivity index (χ1) is 15.9. The molecule has 7 heteroatoms. The first kappa shape index (κ1) is 24.2. The largest absolute Gasteiger partial charge is 0.508 e. The van der Waals surface area contributed by atoms with Gasteiger partial charge in [-0.1, -0.05) is 24.3 Å². The average molecular weight is 453 g/mol. The van der Waals surface area contributed by atoms with E-state index in [1.165, 1.54) is 0 Å². The molecule has 176 valence electrons. The third-order valence-corrected chi connectivity index (χ3v) is 5.47. The van der Waals surface area contributed by atoms with Gasteiger partial charge in [0.05, 0.1) is 26.0 Å². The van der Waals surface area contributed by atoms with Crippen LogP contribution in [0.2, 0.25) is 0 Å². The van der Waals surface area contributed by atoms with Crippen LogP contribution in [0.25, 0.3) is 0 Å². The van der Waals surface area contributed by atoms with Crippen molar-refractivity contribution in [1.82, 2.24) is 5.32 Å². The van der Waals surface area contributed by atoms with Gasteiger partial charge in [-0.25, -0.2) is 0 Å². The predicted molar refractivity (Wildman–Crippen MR) is 129 cm³/mol. The number of benzene rings is 3. The van der Waals surface area contributed by atoms with E-state index in [0.29, 0.717) is 35.8 Å². The third-order valence-electron chi connectivity index (χ3n) is 5.47. The number of aliphatic hydroxyl groups is 1. The molecule has 0 aliphatic heterocycles. The van der Waals surface area contributed by atoms with Crippen molar-refractivity contribution in [3.63, 3.8) is 0 Å². The van der Waals surface area contributed by atoms with Crippen LogP contribution in [0.3, 0.4) is 0 Å². The second kappa shape index (κ2) is 11.4. The van der Waals surface area contributed by atoms with Gasteiger partial charge in [-0.15, -0.1) is 0 Å². The number of phenolic OH excluding ortho intramolecular Hbond substituents is 2. The van der Waals surface area contributed by atoms with Crippen molar-refractivity contribution in [1.29, 1.82) is 0 Å². The van der Waals surface area contributed by atoms with Gasteiger partial charge >= 0.3 is 0 Å². The Kier molecular flexibility index (Phi) is 8.40. The SMILES string of the molecule is COc1ccc(CNc2cc(C(O)CNC(C)Cc3ccc(O)cc3)ccc2O)cc1OC. The van der Waals surface area contributed by atoms with Crippen molar-refractivity contribution < 1.29 is 24.8 Å². The van der Waals surface area contributed by atoms with E-state index in [2.05, 4.69) is 10.6 Å². The van der Waals surface area contributed by atoms with Crippen molar-refractivity contribution >= 4 is 5.69 Å². The summed E-state index contributed by atoms with van der Waals surface area (Å²) in [7, 11) is 3.18. The van der Waals surface area contributed by atoms with Gasteiger partial charge in [0.1, 0.15) is 11.5 Å². The average Bonchev–Trinajstić information content (AvgIpc) is 2.83. The Morgan fingerprint density at radius 1 is 0.848 bits per heavy atom. The van der Waals surface area contributed by atoms with E-state index in [-0.39, 0.29) is 17.5 Å². The Balaban J connectivity index is 1.57. The number of anilines is 1. The maximum Gasteiger partial charge on any atom is 0.161 e. The summed E-state index contributed by atoms with van der Waals surface area (Å²) in [5.74, 6) is 1.65. The number of phenols is 2. The molecule has 0 saturated carbocycles. The van der Waals surface area contributed by atoms with Crippen LogP contribution in [0.15, 0.2) is 60.7 Å². The molecule has 0 aliphatic rings. The summed E-state index contributed by atoms with van der Waals surface area (Å²) in [6, 6.07) is 17.9. The van der Waals surface area contributed by atoms with Crippen molar-refractivity contribution in [2.45, 2.75) is 32.0 Å². The summed E-state index contributed by atoms with van der Waals surface area (Å²) >= 11 is 0. The molecule has 0 amide bonds. The molecule has 3 aromatic rings. The van der Waals surface area contributed by atoms with Crippen LogP contribution >= 0.6 is 0 Å². The number of hydrogen-bond acceptors (Lipinski definition) is 7. The van der Waals surface area contributed by atoms with Gasteiger partial charge in [0.2, 0.25) is 0 Å². The topological polar surface area (TPSA) is 103 Å². The van der Waals surface area contributed by atoms with Gasteiger partial charge in [-0.2, -0.15) is 0 Å². The number of aromatic hydroxyl groups is 2. The highest BCUT2D eigenvalue weighted by Crippen LogP contribution is 2.30. The maximum absolute atomic E-state index is 10.7. The Labute approximate surface area is 194 Å². The number of rotatable bonds is 11. The van der Waals surface area contributed by atoms with Gasteiger partial charge in [0.15, 0.2) is 11.5 Å². The number of methoxy groups -OCH3 is 2. The highest BCUT2D eigenvalue weighted by Gasteiger charge is 2.13. The zero-order valence-electron chi connectivity index (χ0n) is 19.2. The molecule has 0 aromatic heterocycles. The van der Waals surface area contributed by atoms with E-state index < -0.39 is 6.10 Å². The van der Waals surface area contributed by atoms with E-state index in [4.69, 9.17) is 9.47 Å². The fourth-order valence-corrected chi connectivity index (χ4v) is 3.58. The number of aliphatic hydroxyl groups excluding tert-OH is 1. The highest BCUT2D eigenvalue weighted by atomic mass is 16.5. The van der Waals surface area contributed by atoms with Gasteiger partial charge in [-0.05, 0) is 66.4 Å². The molecule has 0 fully saturated rings. The molecule has 2 atom stereocenters. The lowest BCUT2D eigenvalue weighted by atomic mass is 10.1. The Hall–Kier alpha value is -3.42. The first-order valence-electron chi connectivity index (χ1n) is 10.9. The van der Waals surface area contributed by atoms with Crippen molar-refractivity contribution in [3.8, 4) is 23.0 Å². The van der Waals surface area contributed by atoms with E-state index >= 15 is 0 Å². The second-order valence-electron chi connectivity index (χ2n) is 8.02. The van der Waals surface area contributed by atoms with Crippen LogP contribution in [-0.4, -0.2) is 42.1 Å². The molecule has 3 aromatic carbocycles. The summed E-state index contributed by atoms with van der Waals surface area (Å²) in [4.78, 5) is 0. The van der Waals surface area contributed by atoms with Crippen molar-refractivity contribution in [2.75, 3.05) is 26.1 Å². The summed E-state index contributed by atoms with van der Waals surface area (Å²) in [6.45, 7) is 2.89. The molecule has 0 radical (unpaired) electrons. The van der Waals surface area contributed by atoms with Gasteiger partial charge < -0.3 is 35.4 Å².